The number of guanidine groups is 1. The average molecular weight is 321 g/mol. The van der Waals surface area contributed by atoms with Gasteiger partial charge in [-0.2, -0.15) is 0 Å². The molecule has 1 amide bonds. The van der Waals surface area contributed by atoms with Crippen molar-refractivity contribution < 1.29 is 14.3 Å². The summed E-state index contributed by atoms with van der Waals surface area (Å²) in [6.07, 6.45) is 1.71. The Balaban J connectivity index is 1.55. The highest BCUT2D eigenvalue weighted by Crippen LogP contribution is 2.33. The summed E-state index contributed by atoms with van der Waals surface area (Å²) in [5.74, 6) is 1.54. The van der Waals surface area contributed by atoms with Gasteiger partial charge in [-0.3, -0.25) is 10.1 Å². The predicted octanol–water partition coefficient (Wildman–Crippen LogP) is 2.66. The fraction of sp³-hybridized carbons (Fsp3) is 0.111. The molecule has 0 saturated heterocycles. The van der Waals surface area contributed by atoms with Gasteiger partial charge in [0.25, 0.3) is 5.91 Å². The minimum atomic E-state index is -0.248. The summed E-state index contributed by atoms with van der Waals surface area (Å²) < 4.78 is 10.6. The molecule has 0 bridgehead atoms. The van der Waals surface area contributed by atoms with Gasteiger partial charge in [-0.05, 0) is 42.8 Å². The van der Waals surface area contributed by atoms with Gasteiger partial charge in [0.05, 0.1) is 0 Å². The van der Waals surface area contributed by atoms with Crippen LogP contribution in [0, 0.1) is 6.92 Å². The van der Waals surface area contributed by atoms with Crippen LogP contribution in [0.3, 0.4) is 0 Å². The van der Waals surface area contributed by atoms with Crippen molar-refractivity contribution in [3.63, 3.8) is 0 Å². The molecule has 0 aliphatic carbocycles. The molecule has 0 atom stereocenters. The van der Waals surface area contributed by atoms with Crippen LogP contribution in [0.5, 0.6) is 11.5 Å². The van der Waals surface area contributed by atoms with Gasteiger partial charge in [0.15, 0.2) is 11.5 Å². The van der Waals surface area contributed by atoms with E-state index in [2.05, 4.69) is 15.6 Å². The molecule has 2 heterocycles. The van der Waals surface area contributed by atoms with Crippen molar-refractivity contribution in [2.45, 2.75) is 6.92 Å². The normalized spacial score (nSPS) is 17.0. The quantitative estimate of drug-likeness (QED) is 0.834. The maximum absolute atomic E-state index is 12.1. The van der Waals surface area contributed by atoms with E-state index in [4.69, 9.17) is 9.47 Å². The molecule has 6 nitrogen and oxygen atoms in total. The van der Waals surface area contributed by atoms with E-state index in [1.165, 1.54) is 5.56 Å². The van der Waals surface area contributed by atoms with E-state index >= 15 is 0 Å². The summed E-state index contributed by atoms with van der Waals surface area (Å²) in [5.41, 5.74) is 3.19. The lowest BCUT2D eigenvalue weighted by Crippen LogP contribution is -2.29. The molecule has 2 aromatic rings. The van der Waals surface area contributed by atoms with E-state index in [9.17, 15) is 4.79 Å². The second-order valence-corrected chi connectivity index (χ2v) is 5.55. The molecule has 6 heteroatoms. The number of aliphatic imine (C=N–C) groups is 1. The highest BCUT2D eigenvalue weighted by Gasteiger charge is 2.20. The van der Waals surface area contributed by atoms with E-state index in [0.29, 0.717) is 23.2 Å². The molecule has 24 heavy (non-hydrogen) atoms. The van der Waals surface area contributed by atoms with Crippen molar-refractivity contribution in [1.29, 1.82) is 0 Å². The Labute approximate surface area is 138 Å². The van der Waals surface area contributed by atoms with Crippen LogP contribution >= 0.6 is 0 Å². The molecule has 0 unspecified atom stereocenters. The third-order valence-electron chi connectivity index (χ3n) is 3.71. The number of rotatable bonds is 2. The van der Waals surface area contributed by atoms with Gasteiger partial charge in [0, 0.05) is 5.69 Å². The molecule has 4 rings (SSSR count). The highest BCUT2D eigenvalue weighted by atomic mass is 16.7. The molecule has 120 valence electrons. The first-order valence-electron chi connectivity index (χ1n) is 7.52. The standard InChI is InChI=1S/C18H15N3O3/c1-11-2-5-13(6-3-11)19-18-20-14(17(22)21-18)8-12-4-7-15-16(9-12)24-10-23-15/h2-9H,10H2,1H3,(H2,19,20,21,22)/b14-8-. The molecular formula is C18H15N3O3. The van der Waals surface area contributed by atoms with Gasteiger partial charge < -0.3 is 14.8 Å². The second-order valence-electron chi connectivity index (χ2n) is 5.55. The van der Waals surface area contributed by atoms with Crippen LogP contribution < -0.4 is 20.1 Å². The van der Waals surface area contributed by atoms with Gasteiger partial charge in [-0.25, -0.2) is 4.99 Å². The topological polar surface area (TPSA) is 72.0 Å². The number of carbonyl (C=O) groups excluding carboxylic acids is 1. The summed E-state index contributed by atoms with van der Waals surface area (Å²) in [4.78, 5) is 16.4. The van der Waals surface area contributed by atoms with Crippen molar-refractivity contribution in [3.8, 4) is 11.5 Å². The number of hydrogen-bond donors (Lipinski definition) is 2. The Morgan fingerprint density at radius 2 is 1.92 bits per heavy atom. The summed E-state index contributed by atoms with van der Waals surface area (Å²) in [7, 11) is 0. The molecule has 2 aliphatic rings. The number of nitrogens with one attached hydrogen (secondary N) is 2. The maximum Gasteiger partial charge on any atom is 0.276 e. The van der Waals surface area contributed by atoms with Crippen LogP contribution in [0.2, 0.25) is 0 Å². The number of fused-ring (bicyclic) bond motifs is 1. The Kier molecular flexibility index (Phi) is 3.42. The van der Waals surface area contributed by atoms with E-state index in [1.54, 1.807) is 6.08 Å². The molecule has 0 aromatic heterocycles. The molecular weight excluding hydrogens is 306 g/mol. The van der Waals surface area contributed by atoms with E-state index in [0.717, 1.165) is 11.3 Å². The minimum Gasteiger partial charge on any atom is -0.454 e. The van der Waals surface area contributed by atoms with Gasteiger partial charge >= 0.3 is 0 Å². The zero-order valence-electron chi connectivity index (χ0n) is 13.0. The van der Waals surface area contributed by atoms with Crippen molar-refractivity contribution >= 4 is 23.6 Å². The highest BCUT2D eigenvalue weighted by molar-refractivity contribution is 6.17. The maximum atomic E-state index is 12.1. The monoisotopic (exact) mass is 321 g/mol. The van der Waals surface area contributed by atoms with Crippen molar-refractivity contribution in [2.24, 2.45) is 4.99 Å². The first kappa shape index (κ1) is 14.3. The van der Waals surface area contributed by atoms with E-state index in [1.807, 2.05) is 49.4 Å². The molecule has 2 aliphatic heterocycles. The molecule has 0 fully saturated rings. The van der Waals surface area contributed by atoms with Crippen LogP contribution in [0.4, 0.5) is 5.69 Å². The Bertz CT molecular complexity index is 870. The van der Waals surface area contributed by atoms with Crippen LogP contribution in [0.1, 0.15) is 11.1 Å². The fourth-order valence-electron chi connectivity index (χ4n) is 2.46. The first-order valence-corrected chi connectivity index (χ1v) is 7.52. The summed E-state index contributed by atoms with van der Waals surface area (Å²) in [6, 6.07) is 13.3. The van der Waals surface area contributed by atoms with Gasteiger partial charge in [-0.15, -0.1) is 0 Å². The number of nitrogens with zero attached hydrogens (tertiary/aromatic N) is 1. The van der Waals surface area contributed by atoms with Crippen LogP contribution in [-0.4, -0.2) is 18.7 Å². The molecule has 0 radical (unpaired) electrons. The number of amides is 1. The van der Waals surface area contributed by atoms with Crippen molar-refractivity contribution in [3.05, 3.63) is 59.3 Å². The van der Waals surface area contributed by atoms with Crippen LogP contribution in [-0.2, 0) is 4.79 Å². The number of aryl methyl sites for hydroxylation is 1. The molecule has 0 saturated carbocycles. The number of ether oxygens (including phenoxy) is 2. The minimum absolute atomic E-state index is 0.221. The van der Waals surface area contributed by atoms with E-state index < -0.39 is 0 Å². The lowest BCUT2D eigenvalue weighted by molar-refractivity contribution is -0.115. The molecule has 0 spiro atoms. The van der Waals surface area contributed by atoms with Gasteiger partial charge in [-0.1, -0.05) is 23.8 Å². The van der Waals surface area contributed by atoms with E-state index in [-0.39, 0.29) is 12.7 Å². The van der Waals surface area contributed by atoms with Gasteiger partial charge in [0.2, 0.25) is 12.8 Å². The van der Waals surface area contributed by atoms with Crippen LogP contribution in [0.15, 0.2) is 53.2 Å². The SMILES string of the molecule is Cc1ccc(NC2=N/C(=C\c3ccc4c(c3)OCO4)C(=O)N2)cc1. The van der Waals surface area contributed by atoms with Crippen molar-refractivity contribution in [2.75, 3.05) is 12.1 Å². The Morgan fingerprint density at radius 1 is 1.12 bits per heavy atom. The number of carbonyl (C=O) groups is 1. The average Bonchev–Trinajstić information content (AvgIpc) is 3.16. The van der Waals surface area contributed by atoms with Crippen LogP contribution in [0.25, 0.3) is 6.08 Å². The van der Waals surface area contributed by atoms with Gasteiger partial charge in [0.1, 0.15) is 5.70 Å². The predicted molar refractivity (Wildman–Crippen MR) is 90.9 cm³/mol. The number of benzene rings is 2. The fourth-order valence-corrected chi connectivity index (χ4v) is 2.46. The molecule has 2 N–H and O–H groups in total. The Hall–Kier alpha value is -3.28. The lowest BCUT2D eigenvalue weighted by Gasteiger charge is -2.04. The largest absolute Gasteiger partial charge is 0.454 e. The smallest absolute Gasteiger partial charge is 0.276 e. The number of anilines is 1. The zero-order valence-corrected chi connectivity index (χ0v) is 13.0. The second kappa shape index (κ2) is 5.73. The summed E-state index contributed by atoms with van der Waals surface area (Å²) >= 11 is 0. The first-order chi connectivity index (χ1) is 11.7. The summed E-state index contributed by atoms with van der Waals surface area (Å²) in [5, 5.41) is 5.80. The zero-order chi connectivity index (χ0) is 16.5. The lowest BCUT2D eigenvalue weighted by atomic mass is 10.1. The van der Waals surface area contributed by atoms with Crippen molar-refractivity contribution in [1.82, 2.24) is 5.32 Å². The third-order valence-corrected chi connectivity index (χ3v) is 3.71. The number of hydrogen-bond acceptors (Lipinski definition) is 5. The Morgan fingerprint density at radius 3 is 2.75 bits per heavy atom. The summed E-state index contributed by atoms with van der Waals surface area (Å²) in [6.45, 7) is 2.24. The third kappa shape index (κ3) is 2.81. The molecule has 2 aromatic carbocycles.